The standard InChI is InChI=1S/C29H37N5O6/c1-19-18-29(27(37)38,25(26(35)36)20(2)31-19)21-7-6-8-22(17-21)32-28(39)30-11-12-33-13-15-34(16-14-33)23-9-4-5-10-24(23)40-3/h4-10,17-18,20,25,31H,11-16H2,1-3H3,(H,35,36)(H,37,38)(H2,30,32,39). The van der Waals surface area contributed by atoms with Gasteiger partial charge in [0.2, 0.25) is 0 Å². The average molecular weight is 552 g/mol. The number of carbonyl (C=O) groups excluding carboxylic acids is 1. The van der Waals surface area contributed by atoms with Gasteiger partial charge in [0.15, 0.2) is 0 Å². The molecule has 2 aliphatic rings. The molecule has 3 unspecified atom stereocenters. The molecule has 2 aromatic carbocycles. The summed E-state index contributed by atoms with van der Waals surface area (Å²) in [7, 11) is 1.67. The van der Waals surface area contributed by atoms with Crippen molar-refractivity contribution in [2.24, 2.45) is 5.92 Å². The summed E-state index contributed by atoms with van der Waals surface area (Å²) in [6.45, 7) is 7.89. The summed E-state index contributed by atoms with van der Waals surface area (Å²) in [4.78, 5) is 42.0. The number of benzene rings is 2. The van der Waals surface area contributed by atoms with Crippen LogP contribution in [0.2, 0.25) is 0 Å². The van der Waals surface area contributed by atoms with E-state index in [0.29, 0.717) is 24.5 Å². The van der Waals surface area contributed by atoms with Gasteiger partial charge < -0.3 is 35.8 Å². The van der Waals surface area contributed by atoms with E-state index in [-0.39, 0.29) is 5.56 Å². The second-order valence-corrected chi connectivity index (χ2v) is 10.2. The lowest BCUT2D eigenvalue weighted by molar-refractivity contribution is -0.155. The number of carbonyl (C=O) groups is 3. The number of anilines is 2. The van der Waals surface area contributed by atoms with E-state index >= 15 is 0 Å². The predicted octanol–water partition coefficient (Wildman–Crippen LogP) is 2.56. The minimum absolute atomic E-state index is 0.283. The third kappa shape index (κ3) is 5.99. The molecule has 2 aromatic rings. The van der Waals surface area contributed by atoms with E-state index < -0.39 is 35.3 Å². The highest BCUT2D eigenvalue weighted by atomic mass is 16.5. The fourth-order valence-corrected chi connectivity index (χ4v) is 5.76. The van der Waals surface area contributed by atoms with Crippen LogP contribution >= 0.6 is 0 Å². The van der Waals surface area contributed by atoms with Crippen LogP contribution in [0.3, 0.4) is 0 Å². The summed E-state index contributed by atoms with van der Waals surface area (Å²) >= 11 is 0. The van der Waals surface area contributed by atoms with Crippen molar-refractivity contribution in [1.29, 1.82) is 0 Å². The Morgan fingerprint density at radius 1 is 1.07 bits per heavy atom. The van der Waals surface area contributed by atoms with Crippen molar-refractivity contribution in [2.75, 3.05) is 56.6 Å². The molecule has 2 amide bonds. The van der Waals surface area contributed by atoms with Crippen LogP contribution in [0.5, 0.6) is 5.75 Å². The fourth-order valence-electron chi connectivity index (χ4n) is 5.76. The zero-order valence-electron chi connectivity index (χ0n) is 23.0. The number of allylic oxidation sites excluding steroid dienone is 1. The number of urea groups is 1. The minimum Gasteiger partial charge on any atom is -0.495 e. The monoisotopic (exact) mass is 551 g/mol. The first-order chi connectivity index (χ1) is 19.1. The predicted molar refractivity (Wildman–Crippen MR) is 152 cm³/mol. The van der Waals surface area contributed by atoms with Gasteiger partial charge in [-0.1, -0.05) is 24.3 Å². The number of nitrogens with one attached hydrogen (secondary N) is 3. The van der Waals surface area contributed by atoms with E-state index in [1.165, 1.54) is 12.1 Å². The van der Waals surface area contributed by atoms with Crippen LogP contribution in [-0.2, 0) is 15.0 Å². The first-order valence-electron chi connectivity index (χ1n) is 13.3. The topological polar surface area (TPSA) is 143 Å². The largest absolute Gasteiger partial charge is 0.495 e. The van der Waals surface area contributed by atoms with Gasteiger partial charge >= 0.3 is 18.0 Å². The first-order valence-corrected chi connectivity index (χ1v) is 13.3. The van der Waals surface area contributed by atoms with E-state index in [0.717, 1.165) is 37.6 Å². The SMILES string of the molecule is COc1ccccc1N1CCN(CCNC(=O)Nc2cccc(C3(C(=O)O)C=C(C)NC(C)C3C(=O)O)c2)CC1. The Hall–Kier alpha value is -4.25. The van der Waals surface area contributed by atoms with Gasteiger partial charge in [0.25, 0.3) is 0 Å². The molecule has 0 aliphatic carbocycles. The van der Waals surface area contributed by atoms with Crippen LogP contribution in [-0.4, -0.2) is 85.5 Å². The summed E-state index contributed by atoms with van der Waals surface area (Å²) in [5.74, 6) is -2.88. The van der Waals surface area contributed by atoms with Gasteiger partial charge in [0, 0.05) is 56.7 Å². The van der Waals surface area contributed by atoms with Crippen molar-refractivity contribution in [3.8, 4) is 5.75 Å². The summed E-state index contributed by atoms with van der Waals surface area (Å²) < 4.78 is 5.48. The number of rotatable bonds is 9. The summed E-state index contributed by atoms with van der Waals surface area (Å²) in [6.07, 6.45) is 1.45. The fraction of sp³-hybridized carbons (Fsp3) is 0.414. The molecule has 3 atom stereocenters. The van der Waals surface area contributed by atoms with E-state index in [1.54, 1.807) is 39.2 Å². The quantitative estimate of drug-likeness (QED) is 0.318. The zero-order valence-corrected chi connectivity index (χ0v) is 23.0. The number of hydrogen-bond donors (Lipinski definition) is 5. The molecular formula is C29H37N5O6. The molecule has 0 radical (unpaired) electrons. The molecule has 2 heterocycles. The molecule has 40 heavy (non-hydrogen) atoms. The number of aliphatic carboxylic acids is 2. The van der Waals surface area contributed by atoms with Crippen molar-refractivity contribution in [1.82, 2.24) is 15.5 Å². The van der Waals surface area contributed by atoms with E-state index in [4.69, 9.17) is 4.74 Å². The van der Waals surface area contributed by atoms with Gasteiger partial charge in [-0.05, 0) is 49.8 Å². The Bertz CT molecular complexity index is 1280. The highest BCUT2D eigenvalue weighted by molar-refractivity contribution is 5.93. The third-order valence-electron chi connectivity index (χ3n) is 7.62. The normalized spacial score (nSPS) is 23.0. The average Bonchev–Trinajstić information content (AvgIpc) is 2.92. The minimum atomic E-state index is -1.79. The number of hydrogen-bond acceptors (Lipinski definition) is 7. The molecule has 1 saturated heterocycles. The van der Waals surface area contributed by atoms with Crippen molar-refractivity contribution in [3.63, 3.8) is 0 Å². The lowest BCUT2D eigenvalue weighted by atomic mass is 9.65. The maximum atomic E-state index is 12.6. The van der Waals surface area contributed by atoms with E-state index in [9.17, 15) is 24.6 Å². The second-order valence-electron chi connectivity index (χ2n) is 10.2. The van der Waals surface area contributed by atoms with Crippen molar-refractivity contribution in [3.05, 3.63) is 65.9 Å². The maximum Gasteiger partial charge on any atom is 0.319 e. The highest BCUT2D eigenvalue weighted by Gasteiger charge is 2.54. The number of nitrogens with zero attached hydrogens (tertiary/aromatic N) is 2. The molecule has 11 nitrogen and oxygen atoms in total. The Balaban J connectivity index is 1.34. The number of ether oxygens (including phenoxy) is 1. The number of amides is 2. The number of carboxylic acids is 2. The molecule has 1 fully saturated rings. The number of para-hydroxylation sites is 2. The summed E-state index contributed by atoms with van der Waals surface area (Å²) in [6, 6.07) is 13.3. The van der Waals surface area contributed by atoms with Crippen LogP contribution in [0, 0.1) is 5.92 Å². The number of carboxylic acid groups (broad SMARTS) is 2. The number of piperazine rings is 1. The zero-order chi connectivity index (χ0) is 28.9. The summed E-state index contributed by atoms with van der Waals surface area (Å²) in [5, 5.41) is 28.8. The van der Waals surface area contributed by atoms with Gasteiger partial charge in [-0.2, -0.15) is 0 Å². The second kappa shape index (κ2) is 12.3. The van der Waals surface area contributed by atoms with Crippen LogP contribution in [0.1, 0.15) is 19.4 Å². The molecule has 0 spiro atoms. The molecule has 5 N–H and O–H groups in total. The molecule has 0 aromatic heterocycles. The van der Waals surface area contributed by atoms with Gasteiger partial charge in [0.05, 0.1) is 12.8 Å². The van der Waals surface area contributed by atoms with Gasteiger partial charge in [-0.15, -0.1) is 0 Å². The van der Waals surface area contributed by atoms with Crippen LogP contribution in [0.25, 0.3) is 0 Å². The first kappa shape index (κ1) is 28.8. The Morgan fingerprint density at radius 3 is 2.48 bits per heavy atom. The van der Waals surface area contributed by atoms with E-state index in [1.807, 2.05) is 18.2 Å². The van der Waals surface area contributed by atoms with E-state index in [2.05, 4.69) is 31.8 Å². The Labute approximate surface area is 233 Å². The number of methoxy groups -OCH3 is 1. The molecule has 0 bridgehead atoms. The van der Waals surface area contributed by atoms with Crippen molar-refractivity contribution >= 4 is 29.3 Å². The third-order valence-corrected chi connectivity index (χ3v) is 7.62. The molecule has 214 valence electrons. The van der Waals surface area contributed by atoms with Crippen LogP contribution in [0.4, 0.5) is 16.2 Å². The van der Waals surface area contributed by atoms with Gasteiger partial charge in [0.1, 0.15) is 17.1 Å². The van der Waals surface area contributed by atoms with Crippen LogP contribution in [0.15, 0.2) is 60.3 Å². The lowest BCUT2D eigenvalue weighted by Gasteiger charge is -2.41. The highest BCUT2D eigenvalue weighted by Crippen LogP contribution is 2.41. The lowest BCUT2D eigenvalue weighted by Crippen LogP contribution is -2.56. The Morgan fingerprint density at radius 2 is 1.80 bits per heavy atom. The van der Waals surface area contributed by atoms with Crippen molar-refractivity contribution in [2.45, 2.75) is 25.3 Å². The summed E-state index contributed by atoms with van der Waals surface area (Å²) in [5.41, 5.74) is 0.523. The molecule has 2 aliphatic heterocycles. The smallest absolute Gasteiger partial charge is 0.319 e. The van der Waals surface area contributed by atoms with Crippen LogP contribution < -0.4 is 25.6 Å². The molecule has 11 heteroatoms. The van der Waals surface area contributed by atoms with Gasteiger partial charge in [-0.3, -0.25) is 14.5 Å². The van der Waals surface area contributed by atoms with Gasteiger partial charge in [-0.25, -0.2) is 4.79 Å². The molecule has 4 rings (SSSR count). The molecular weight excluding hydrogens is 514 g/mol. The van der Waals surface area contributed by atoms with Crippen molar-refractivity contribution < 1.29 is 29.3 Å². The molecule has 0 saturated carbocycles. The maximum absolute atomic E-state index is 12.6. The Kier molecular flexibility index (Phi) is 8.83.